The number of hydrogen-bond acceptors (Lipinski definition) is 10. The van der Waals surface area contributed by atoms with Gasteiger partial charge in [-0.2, -0.15) is 9.98 Å². The van der Waals surface area contributed by atoms with E-state index in [1.807, 2.05) is 13.0 Å². The zero-order valence-corrected chi connectivity index (χ0v) is 22.3. The second-order valence-corrected chi connectivity index (χ2v) is 13.0. The van der Waals surface area contributed by atoms with Gasteiger partial charge in [-0.15, -0.1) is 10.2 Å². The quantitative estimate of drug-likeness (QED) is 0.475. The number of sulfonamides is 1. The lowest BCUT2D eigenvalue weighted by Gasteiger charge is -2.44. The van der Waals surface area contributed by atoms with Gasteiger partial charge in [-0.25, -0.2) is 27.2 Å². The van der Waals surface area contributed by atoms with E-state index in [9.17, 15) is 22.5 Å². The van der Waals surface area contributed by atoms with E-state index in [1.54, 1.807) is 13.0 Å². The first-order valence-electron chi connectivity index (χ1n) is 11.7. The highest BCUT2D eigenvalue weighted by molar-refractivity contribution is 7.89. The molecule has 0 amide bonds. The van der Waals surface area contributed by atoms with E-state index in [1.165, 1.54) is 6.07 Å². The number of halogens is 2. The molecule has 1 aliphatic heterocycles. The molecule has 1 atom stereocenters. The van der Waals surface area contributed by atoms with E-state index < -0.39 is 27.0 Å². The first kappa shape index (κ1) is 25.8. The van der Waals surface area contributed by atoms with Gasteiger partial charge in [0.05, 0.1) is 22.2 Å². The van der Waals surface area contributed by atoms with Gasteiger partial charge in [0.1, 0.15) is 17.1 Å². The number of anilines is 1. The van der Waals surface area contributed by atoms with Crippen molar-refractivity contribution in [3.63, 3.8) is 0 Å². The molecule has 2 fully saturated rings. The van der Waals surface area contributed by atoms with Gasteiger partial charge in [-0.05, 0) is 52.7 Å². The van der Waals surface area contributed by atoms with E-state index in [2.05, 4.69) is 49.0 Å². The monoisotopic (exact) mass is 548 g/mol. The standard InChI is InChI=1S/C23H26F2N8O2S2/c1-12-9-33(11-22(3,4)29-12)16-8-14(37(34,35)32-23(10-26)5-6-23)7-15-17(16)27-13(2)28-18(15)20-30-31-21(36-20)19(24)25/h7-8,12,19,29,32H,5-6,9,11H2,1-4H3/t12-/m0/s1. The fraction of sp³-hybridized carbons (Fsp3) is 0.522. The van der Waals surface area contributed by atoms with Crippen LogP contribution in [0.5, 0.6) is 0 Å². The number of alkyl halides is 2. The summed E-state index contributed by atoms with van der Waals surface area (Å²) in [6, 6.07) is 5.13. The van der Waals surface area contributed by atoms with E-state index in [0.717, 1.165) is 0 Å². The Balaban J connectivity index is 1.75. The Kier molecular flexibility index (Phi) is 6.18. The van der Waals surface area contributed by atoms with Crippen LogP contribution in [-0.4, -0.2) is 58.8 Å². The Morgan fingerprint density at radius 2 is 2.00 bits per heavy atom. The molecular formula is C23H26F2N8O2S2. The Labute approximate surface area is 217 Å². The van der Waals surface area contributed by atoms with Gasteiger partial charge in [-0.3, -0.25) is 0 Å². The summed E-state index contributed by atoms with van der Waals surface area (Å²) in [5.41, 5.74) is -0.0915. The third kappa shape index (κ3) is 5.00. The number of piperazine rings is 1. The van der Waals surface area contributed by atoms with Crippen LogP contribution in [0.1, 0.15) is 50.9 Å². The first-order valence-corrected chi connectivity index (χ1v) is 14.0. The maximum absolute atomic E-state index is 13.5. The first-order chi connectivity index (χ1) is 17.3. The van der Waals surface area contributed by atoms with E-state index in [-0.39, 0.29) is 27.2 Å². The van der Waals surface area contributed by atoms with Crippen molar-refractivity contribution in [1.29, 1.82) is 5.26 Å². The molecule has 14 heteroatoms. The molecule has 0 bridgehead atoms. The molecule has 2 aromatic heterocycles. The number of nitrogens with zero attached hydrogens (tertiary/aromatic N) is 6. The number of benzene rings is 1. The van der Waals surface area contributed by atoms with Crippen molar-refractivity contribution in [3.05, 3.63) is 23.0 Å². The topological polar surface area (TPSA) is 137 Å². The van der Waals surface area contributed by atoms with Crippen molar-refractivity contribution in [3.8, 4) is 16.8 Å². The molecule has 3 aromatic rings. The second kappa shape index (κ2) is 8.87. The minimum Gasteiger partial charge on any atom is -0.366 e. The average molecular weight is 549 g/mol. The van der Waals surface area contributed by atoms with Gasteiger partial charge in [0.25, 0.3) is 6.43 Å². The molecule has 0 radical (unpaired) electrons. The van der Waals surface area contributed by atoms with Gasteiger partial charge in [-0.1, -0.05) is 11.3 Å². The maximum Gasteiger partial charge on any atom is 0.291 e. The summed E-state index contributed by atoms with van der Waals surface area (Å²) in [5, 5.41) is 20.5. The normalized spacial score (nSPS) is 20.8. The molecule has 1 saturated heterocycles. The third-order valence-corrected chi connectivity index (χ3v) is 8.81. The van der Waals surface area contributed by atoms with Crippen molar-refractivity contribution in [1.82, 2.24) is 30.2 Å². The van der Waals surface area contributed by atoms with Crippen LogP contribution in [-0.2, 0) is 10.0 Å². The minimum atomic E-state index is -4.10. The molecule has 5 rings (SSSR count). The molecule has 3 heterocycles. The zero-order chi connectivity index (χ0) is 26.8. The number of hydrogen-bond donors (Lipinski definition) is 2. The number of nitrogens with one attached hydrogen (secondary N) is 2. The van der Waals surface area contributed by atoms with Crippen LogP contribution >= 0.6 is 11.3 Å². The molecule has 10 nitrogen and oxygen atoms in total. The molecule has 37 heavy (non-hydrogen) atoms. The number of aromatic nitrogens is 4. The average Bonchev–Trinajstić information content (AvgIpc) is 3.37. The van der Waals surface area contributed by atoms with E-state index >= 15 is 0 Å². The molecule has 0 spiro atoms. The minimum absolute atomic E-state index is 0.0622. The van der Waals surface area contributed by atoms with Crippen LogP contribution in [0, 0.1) is 18.3 Å². The molecule has 1 aliphatic carbocycles. The molecule has 196 valence electrons. The predicted octanol–water partition coefficient (Wildman–Crippen LogP) is 3.31. The van der Waals surface area contributed by atoms with Crippen molar-refractivity contribution in [2.24, 2.45) is 0 Å². The van der Waals surface area contributed by atoms with Crippen molar-refractivity contribution < 1.29 is 17.2 Å². The summed E-state index contributed by atoms with van der Waals surface area (Å²) in [6.45, 7) is 9.00. The Bertz CT molecular complexity index is 1530. The van der Waals surface area contributed by atoms with Gasteiger partial charge in [0.2, 0.25) is 10.0 Å². The summed E-state index contributed by atoms with van der Waals surface area (Å²) in [4.78, 5) is 11.1. The SMILES string of the molecule is Cc1nc(-c2nnc(C(F)F)s2)c2cc(S(=O)(=O)NC3(C#N)CC3)cc(N3C[C@H](C)NC(C)(C)C3)c2n1. The van der Waals surface area contributed by atoms with Gasteiger partial charge < -0.3 is 10.2 Å². The van der Waals surface area contributed by atoms with E-state index in [4.69, 9.17) is 0 Å². The van der Waals surface area contributed by atoms with Crippen LogP contribution in [0.3, 0.4) is 0 Å². The highest BCUT2D eigenvalue weighted by Gasteiger charge is 2.47. The Morgan fingerprint density at radius 1 is 1.27 bits per heavy atom. The lowest BCUT2D eigenvalue weighted by Crippen LogP contribution is -2.61. The lowest BCUT2D eigenvalue weighted by atomic mass is 9.98. The van der Waals surface area contributed by atoms with Crippen molar-refractivity contribution in [2.45, 2.75) is 69.0 Å². The zero-order valence-electron chi connectivity index (χ0n) is 20.7. The number of aryl methyl sites for hydroxylation is 1. The van der Waals surface area contributed by atoms with E-state index in [0.29, 0.717) is 59.7 Å². The molecule has 0 unspecified atom stereocenters. The molecule has 2 N–H and O–H groups in total. The Morgan fingerprint density at radius 3 is 2.59 bits per heavy atom. The number of fused-ring (bicyclic) bond motifs is 1. The summed E-state index contributed by atoms with van der Waals surface area (Å²) < 4.78 is 56.0. The Hall–Kier alpha value is -2.86. The third-order valence-electron chi connectivity index (χ3n) is 6.36. The van der Waals surface area contributed by atoms with Crippen LogP contribution < -0.4 is 14.9 Å². The number of nitriles is 1. The van der Waals surface area contributed by atoms with Crippen molar-refractivity contribution >= 4 is 38.0 Å². The fourth-order valence-corrected chi connectivity index (χ4v) is 6.89. The number of rotatable bonds is 6. The van der Waals surface area contributed by atoms with Gasteiger partial charge in [0.15, 0.2) is 10.0 Å². The highest BCUT2D eigenvalue weighted by atomic mass is 32.2. The fourth-order valence-electron chi connectivity index (χ4n) is 4.77. The van der Waals surface area contributed by atoms with Crippen LogP contribution in [0.25, 0.3) is 21.6 Å². The summed E-state index contributed by atoms with van der Waals surface area (Å²) >= 11 is 0.702. The largest absolute Gasteiger partial charge is 0.366 e. The van der Waals surface area contributed by atoms with Crippen LogP contribution in [0.4, 0.5) is 14.5 Å². The summed E-state index contributed by atoms with van der Waals surface area (Å²) in [6.07, 6.45) is -1.93. The lowest BCUT2D eigenvalue weighted by molar-refractivity contribution is 0.150. The summed E-state index contributed by atoms with van der Waals surface area (Å²) in [5.74, 6) is 0.384. The second-order valence-electron chi connectivity index (χ2n) is 10.3. The molecule has 2 aliphatic rings. The highest BCUT2D eigenvalue weighted by Crippen LogP contribution is 2.40. The maximum atomic E-state index is 13.5. The van der Waals surface area contributed by atoms with Crippen LogP contribution in [0.15, 0.2) is 17.0 Å². The molecule has 1 saturated carbocycles. The summed E-state index contributed by atoms with van der Waals surface area (Å²) in [7, 11) is -4.10. The van der Waals surface area contributed by atoms with Crippen molar-refractivity contribution in [2.75, 3.05) is 18.0 Å². The molecular weight excluding hydrogens is 522 g/mol. The predicted molar refractivity (Wildman–Crippen MR) is 135 cm³/mol. The smallest absolute Gasteiger partial charge is 0.291 e. The van der Waals surface area contributed by atoms with Gasteiger partial charge >= 0.3 is 0 Å². The van der Waals surface area contributed by atoms with Crippen LogP contribution in [0.2, 0.25) is 0 Å². The molecule has 1 aromatic carbocycles. The van der Waals surface area contributed by atoms with Gasteiger partial charge in [0, 0.05) is 30.1 Å².